The molecule has 0 unspecified atom stereocenters. The summed E-state index contributed by atoms with van der Waals surface area (Å²) in [5.74, 6) is 0.0717. The molecule has 1 amide bonds. The van der Waals surface area contributed by atoms with Crippen molar-refractivity contribution in [3.8, 4) is 0 Å². The maximum Gasteiger partial charge on any atom is 0.233 e. The van der Waals surface area contributed by atoms with Crippen molar-refractivity contribution in [3.05, 3.63) is 35.4 Å². The molecule has 100 valence electrons. The zero-order chi connectivity index (χ0) is 13.4. The Morgan fingerprint density at radius 3 is 2.56 bits per heavy atom. The summed E-state index contributed by atoms with van der Waals surface area (Å²) in [4.78, 5) is 11.5. The number of amides is 1. The van der Waals surface area contributed by atoms with E-state index in [0.29, 0.717) is 6.54 Å². The highest BCUT2D eigenvalue weighted by Gasteiger charge is 2.06. The van der Waals surface area contributed by atoms with Crippen molar-refractivity contribution in [1.29, 1.82) is 0 Å². The molecule has 3 nitrogen and oxygen atoms in total. The molecule has 0 saturated carbocycles. The average molecular weight is 248 g/mol. The molecule has 1 rings (SSSR count). The molecule has 0 spiro atoms. The van der Waals surface area contributed by atoms with Crippen LogP contribution in [0.2, 0.25) is 0 Å². The van der Waals surface area contributed by atoms with Crippen LogP contribution in [0.15, 0.2) is 24.3 Å². The molecular formula is C15H24N2O. The Bertz CT molecular complexity index is 359. The summed E-state index contributed by atoms with van der Waals surface area (Å²) in [6.45, 7) is 7.41. The molecule has 0 aliphatic carbocycles. The van der Waals surface area contributed by atoms with Gasteiger partial charge >= 0.3 is 0 Å². The Kier molecular flexibility index (Phi) is 6.44. The van der Waals surface area contributed by atoms with Gasteiger partial charge in [0.1, 0.15) is 0 Å². The van der Waals surface area contributed by atoms with E-state index in [4.69, 9.17) is 0 Å². The molecule has 1 aromatic rings. The van der Waals surface area contributed by atoms with Crippen LogP contribution in [0.1, 0.15) is 43.9 Å². The van der Waals surface area contributed by atoms with Crippen LogP contribution >= 0.6 is 0 Å². The monoisotopic (exact) mass is 248 g/mol. The van der Waals surface area contributed by atoms with Gasteiger partial charge in [0.15, 0.2) is 0 Å². The van der Waals surface area contributed by atoms with Gasteiger partial charge in [-0.15, -0.1) is 0 Å². The van der Waals surface area contributed by atoms with Crippen molar-refractivity contribution in [2.45, 2.75) is 39.7 Å². The van der Waals surface area contributed by atoms with Gasteiger partial charge in [-0.3, -0.25) is 4.79 Å². The second-order valence-electron chi connectivity index (χ2n) is 4.72. The third kappa shape index (κ3) is 5.32. The van der Waals surface area contributed by atoms with E-state index >= 15 is 0 Å². The summed E-state index contributed by atoms with van der Waals surface area (Å²) in [5.41, 5.74) is 2.46. The topological polar surface area (TPSA) is 41.1 Å². The van der Waals surface area contributed by atoms with E-state index in [1.807, 2.05) is 0 Å². The fourth-order valence-corrected chi connectivity index (χ4v) is 1.69. The van der Waals surface area contributed by atoms with Crippen molar-refractivity contribution in [2.75, 3.05) is 13.1 Å². The molecule has 2 N–H and O–H groups in total. The number of hydrogen-bond donors (Lipinski definition) is 2. The van der Waals surface area contributed by atoms with Crippen molar-refractivity contribution in [1.82, 2.24) is 10.6 Å². The largest absolute Gasteiger partial charge is 0.355 e. The maximum absolute atomic E-state index is 11.5. The normalized spacial score (nSPS) is 12.2. The van der Waals surface area contributed by atoms with Crippen LogP contribution in [0.3, 0.4) is 0 Å². The minimum absolute atomic E-state index is 0.0717. The van der Waals surface area contributed by atoms with Crippen molar-refractivity contribution in [2.24, 2.45) is 0 Å². The van der Waals surface area contributed by atoms with Crippen molar-refractivity contribution >= 4 is 5.91 Å². The Labute approximate surface area is 110 Å². The molecule has 0 fully saturated rings. The van der Waals surface area contributed by atoms with Crippen LogP contribution in [0.25, 0.3) is 0 Å². The molecule has 0 aromatic heterocycles. The fourth-order valence-electron chi connectivity index (χ4n) is 1.69. The second kappa shape index (κ2) is 7.88. The van der Waals surface area contributed by atoms with Gasteiger partial charge in [0.2, 0.25) is 5.91 Å². The van der Waals surface area contributed by atoms with Gasteiger partial charge in [-0.1, -0.05) is 43.2 Å². The van der Waals surface area contributed by atoms with E-state index in [1.165, 1.54) is 11.1 Å². The molecule has 1 atom stereocenters. The summed E-state index contributed by atoms with van der Waals surface area (Å²) in [6.07, 6.45) is 2.15. The molecule has 1 aromatic carbocycles. The first-order valence-corrected chi connectivity index (χ1v) is 6.70. The van der Waals surface area contributed by atoms with Crippen LogP contribution < -0.4 is 10.6 Å². The number of aryl methyl sites for hydroxylation is 1. The summed E-state index contributed by atoms with van der Waals surface area (Å²) in [5, 5.41) is 6.13. The number of carbonyl (C=O) groups excluding carboxylic acids is 1. The summed E-state index contributed by atoms with van der Waals surface area (Å²) in [7, 11) is 0. The molecule has 0 heterocycles. The molecule has 0 radical (unpaired) electrons. The van der Waals surface area contributed by atoms with Crippen LogP contribution in [-0.2, 0) is 4.79 Å². The Morgan fingerprint density at radius 2 is 1.94 bits per heavy atom. The van der Waals surface area contributed by atoms with E-state index in [1.54, 1.807) is 0 Å². The fraction of sp³-hybridized carbons (Fsp3) is 0.533. The first kappa shape index (κ1) is 14.7. The quantitative estimate of drug-likeness (QED) is 0.728. The van der Waals surface area contributed by atoms with E-state index < -0.39 is 0 Å². The lowest BCUT2D eigenvalue weighted by Crippen LogP contribution is -2.35. The highest BCUT2D eigenvalue weighted by Crippen LogP contribution is 2.12. The predicted octanol–water partition coefficient (Wildman–Crippen LogP) is 2.56. The van der Waals surface area contributed by atoms with Crippen LogP contribution in [0, 0.1) is 6.92 Å². The van der Waals surface area contributed by atoms with E-state index in [2.05, 4.69) is 55.7 Å². The van der Waals surface area contributed by atoms with Crippen LogP contribution in [-0.4, -0.2) is 19.0 Å². The smallest absolute Gasteiger partial charge is 0.233 e. The minimum Gasteiger partial charge on any atom is -0.355 e. The first-order chi connectivity index (χ1) is 8.63. The van der Waals surface area contributed by atoms with E-state index in [0.717, 1.165) is 19.4 Å². The van der Waals surface area contributed by atoms with Crippen molar-refractivity contribution < 1.29 is 4.79 Å². The Hall–Kier alpha value is -1.35. The SMILES string of the molecule is CCCCNC(=O)CN[C@H](C)c1ccc(C)cc1. The highest BCUT2D eigenvalue weighted by atomic mass is 16.1. The zero-order valence-electron chi connectivity index (χ0n) is 11.6. The van der Waals surface area contributed by atoms with Crippen LogP contribution in [0.5, 0.6) is 0 Å². The average Bonchev–Trinajstić information content (AvgIpc) is 2.37. The predicted molar refractivity (Wildman–Crippen MR) is 75.5 cm³/mol. The van der Waals surface area contributed by atoms with Crippen molar-refractivity contribution in [3.63, 3.8) is 0 Å². The lowest BCUT2D eigenvalue weighted by molar-refractivity contribution is -0.120. The van der Waals surface area contributed by atoms with Gasteiger partial charge in [0, 0.05) is 12.6 Å². The number of benzene rings is 1. The van der Waals surface area contributed by atoms with Gasteiger partial charge in [-0.25, -0.2) is 0 Å². The summed E-state index contributed by atoms with van der Waals surface area (Å²) >= 11 is 0. The number of rotatable bonds is 7. The summed E-state index contributed by atoms with van der Waals surface area (Å²) in [6, 6.07) is 8.58. The highest BCUT2D eigenvalue weighted by molar-refractivity contribution is 5.77. The Morgan fingerprint density at radius 1 is 1.28 bits per heavy atom. The van der Waals surface area contributed by atoms with E-state index in [-0.39, 0.29) is 11.9 Å². The van der Waals surface area contributed by atoms with E-state index in [9.17, 15) is 4.79 Å². The molecule has 18 heavy (non-hydrogen) atoms. The number of carbonyl (C=O) groups is 1. The number of nitrogens with one attached hydrogen (secondary N) is 2. The first-order valence-electron chi connectivity index (χ1n) is 6.70. The summed E-state index contributed by atoms with van der Waals surface area (Å²) < 4.78 is 0. The molecule has 0 saturated heterocycles. The van der Waals surface area contributed by atoms with Gasteiger partial charge in [0.05, 0.1) is 6.54 Å². The lowest BCUT2D eigenvalue weighted by atomic mass is 10.1. The maximum atomic E-state index is 11.5. The molecule has 0 aliphatic rings. The van der Waals surface area contributed by atoms with Gasteiger partial charge in [-0.05, 0) is 25.8 Å². The lowest BCUT2D eigenvalue weighted by Gasteiger charge is -2.14. The van der Waals surface area contributed by atoms with Crippen LogP contribution in [0.4, 0.5) is 0 Å². The third-order valence-electron chi connectivity index (χ3n) is 3.00. The molecular weight excluding hydrogens is 224 g/mol. The van der Waals surface area contributed by atoms with Gasteiger partial charge < -0.3 is 10.6 Å². The minimum atomic E-state index is 0.0717. The molecule has 0 bridgehead atoms. The van der Waals surface area contributed by atoms with Gasteiger partial charge in [-0.2, -0.15) is 0 Å². The third-order valence-corrected chi connectivity index (χ3v) is 3.00. The zero-order valence-corrected chi connectivity index (χ0v) is 11.6. The number of hydrogen-bond acceptors (Lipinski definition) is 2. The standard InChI is InChI=1S/C15H24N2O/c1-4-5-10-16-15(18)11-17-13(3)14-8-6-12(2)7-9-14/h6-9,13,17H,4-5,10-11H2,1-3H3,(H,16,18)/t13-/m1/s1. The number of unbranched alkanes of at least 4 members (excludes halogenated alkanes) is 1. The Balaban J connectivity index is 2.30. The second-order valence-corrected chi connectivity index (χ2v) is 4.72. The van der Waals surface area contributed by atoms with Gasteiger partial charge in [0.25, 0.3) is 0 Å². The molecule has 3 heteroatoms. The molecule has 0 aliphatic heterocycles.